The molecule has 0 atom stereocenters. The molecule has 0 radical (unpaired) electrons. The Morgan fingerprint density at radius 2 is 2.20 bits per heavy atom. The van der Waals surface area contributed by atoms with Crippen LogP contribution >= 0.6 is 11.8 Å². The van der Waals surface area contributed by atoms with E-state index >= 15 is 0 Å². The van der Waals surface area contributed by atoms with Crippen molar-refractivity contribution in [1.29, 1.82) is 0 Å². The first-order valence-corrected chi connectivity index (χ1v) is 10.1. The van der Waals surface area contributed by atoms with Crippen LogP contribution < -0.4 is 0 Å². The van der Waals surface area contributed by atoms with E-state index in [9.17, 15) is 0 Å². The number of thioether (sulfide) groups is 1. The highest BCUT2D eigenvalue weighted by Crippen LogP contribution is 2.13. The van der Waals surface area contributed by atoms with Crippen molar-refractivity contribution in [3.8, 4) is 0 Å². The molecule has 5 heteroatoms. The molecule has 86 valence electrons. The molecule has 0 bridgehead atoms. The lowest BCUT2D eigenvalue weighted by atomic mass is 10.8. The normalized spacial score (nSPS) is 12.0. The van der Waals surface area contributed by atoms with Gasteiger partial charge in [0.05, 0.1) is 17.6 Å². The van der Waals surface area contributed by atoms with Gasteiger partial charge in [-0.3, -0.25) is 0 Å². The maximum absolute atomic E-state index is 5.64. The minimum Gasteiger partial charge on any atom is -0.361 e. The van der Waals surface area contributed by atoms with Crippen LogP contribution in [0.1, 0.15) is 0 Å². The summed E-state index contributed by atoms with van der Waals surface area (Å²) >= 11 is 1.69. The van der Waals surface area contributed by atoms with Gasteiger partial charge in [-0.2, -0.15) is 0 Å². The fourth-order valence-electron chi connectivity index (χ4n) is 1.12. The van der Waals surface area contributed by atoms with E-state index in [1.165, 1.54) is 6.04 Å². The van der Waals surface area contributed by atoms with Gasteiger partial charge in [-0.1, -0.05) is 19.6 Å². The predicted molar refractivity (Wildman–Crippen MR) is 68.1 cm³/mol. The van der Waals surface area contributed by atoms with Gasteiger partial charge >= 0.3 is 0 Å². The molecule has 0 aliphatic carbocycles. The van der Waals surface area contributed by atoms with Gasteiger partial charge in [-0.15, -0.1) is 11.8 Å². The molecular formula is C10H20N2OSSi. The molecule has 0 saturated carbocycles. The second kappa shape index (κ2) is 5.72. The highest BCUT2D eigenvalue weighted by atomic mass is 32.2. The maximum atomic E-state index is 5.64. The van der Waals surface area contributed by atoms with Gasteiger partial charge in [0.1, 0.15) is 6.73 Å². The van der Waals surface area contributed by atoms with Crippen LogP contribution in [0.5, 0.6) is 0 Å². The molecule has 0 saturated heterocycles. The molecule has 3 nitrogen and oxygen atoms in total. The minimum atomic E-state index is -0.956. The molecule has 0 spiro atoms. The molecule has 0 fully saturated rings. The quantitative estimate of drug-likeness (QED) is 0.437. The Balaban J connectivity index is 2.26. The summed E-state index contributed by atoms with van der Waals surface area (Å²) in [7, 11) is -0.956. The van der Waals surface area contributed by atoms with Crippen LogP contribution in [0, 0.1) is 0 Å². The third kappa shape index (κ3) is 4.86. The van der Waals surface area contributed by atoms with Crippen LogP contribution in [0.4, 0.5) is 0 Å². The standard InChI is InChI=1S/C10H20N2OSSi/c1-14-10-7-11-8-12(10)9-13-5-6-15(2,3)4/h7-8H,5-6,9H2,1-4H3. The van der Waals surface area contributed by atoms with Gasteiger partial charge in [-0.05, 0) is 12.3 Å². The van der Waals surface area contributed by atoms with Gasteiger partial charge in [0.25, 0.3) is 0 Å². The topological polar surface area (TPSA) is 27.1 Å². The summed E-state index contributed by atoms with van der Waals surface area (Å²) in [6.07, 6.45) is 5.74. The van der Waals surface area contributed by atoms with Gasteiger partial charge < -0.3 is 9.30 Å². The molecule has 0 aliphatic heterocycles. The number of aromatic nitrogens is 2. The lowest BCUT2D eigenvalue weighted by Crippen LogP contribution is -2.22. The fraction of sp³-hybridized carbons (Fsp3) is 0.700. The van der Waals surface area contributed by atoms with Crippen molar-refractivity contribution < 1.29 is 4.74 Å². The average molecular weight is 244 g/mol. The Bertz CT molecular complexity index is 296. The number of hydrogen-bond donors (Lipinski definition) is 0. The van der Waals surface area contributed by atoms with Crippen molar-refractivity contribution in [2.45, 2.75) is 37.4 Å². The van der Waals surface area contributed by atoms with Crippen LogP contribution in [0.15, 0.2) is 17.6 Å². The maximum Gasteiger partial charge on any atom is 0.124 e. The number of hydrogen-bond acceptors (Lipinski definition) is 3. The monoisotopic (exact) mass is 244 g/mol. The Kier molecular flexibility index (Phi) is 4.88. The molecule has 0 N–H and O–H groups in total. The van der Waals surface area contributed by atoms with Crippen molar-refractivity contribution in [3.05, 3.63) is 12.5 Å². The Hall–Kier alpha value is -0.263. The molecule has 0 aliphatic rings. The largest absolute Gasteiger partial charge is 0.361 e. The smallest absolute Gasteiger partial charge is 0.124 e. The summed E-state index contributed by atoms with van der Waals surface area (Å²) < 4.78 is 7.68. The predicted octanol–water partition coefficient (Wildman–Crippen LogP) is 2.92. The third-order valence-corrected chi connectivity index (χ3v) is 4.57. The average Bonchev–Trinajstić information content (AvgIpc) is 2.58. The molecule has 0 amide bonds. The number of ether oxygens (including phenoxy) is 1. The summed E-state index contributed by atoms with van der Waals surface area (Å²) in [5.74, 6) is 0. The molecule has 15 heavy (non-hydrogen) atoms. The van der Waals surface area contributed by atoms with Crippen molar-refractivity contribution in [2.75, 3.05) is 12.9 Å². The van der Waals surface area contributed by atoms with Crippen molar-refractivity contribution >= 4 is 19.8 Å². The zero-order valence-electron chi connectivity index (χ0n) is 9.99. The lowest BCUT2D eigenvalue weighted by Gasteiger charge is -2.15. The first-order valence-electron chi connectivity index (χ1n) is 5.15. The van der Waals surface area contributed by atoms with Crippen LogP contribution in [-0.2, 0) is 11.5 Å². The molecule has 1 rings (SSSR count). The van der Waals surface area contributed by atoms with Crippen LogP contribution in [0.2, 0.25) is 25.7 Å². The van der Waals surface area contributed by atoms with Gasteiger partial charge in [0.15, 0.2) is 0 Å². The Labute approximate surface area is 97.2 Å². The molecule has 1 aromatic heterocycles. The zero-order chi connectivity index (χ0) is 11.3. The first-order chi connectivity index (χ1) is 7.03. The first kappa shape index (κ1) is 12.8. The van der Waals surface area contributed by atoms with E-state index in [1.807, 2.05) is 17.1 Å². The minimum absolute atomic E-state index is 0.626. The van der Waals surface area contributed by atoms with E-state index in [-0.39, 0.29) is 0 Å². The van der Waals surface area contributed by atoms with E-state index in [2.05, 4.69) is 30.9 Å². The summed E-state index contributed by atoms with van der Waals surface area (Å²) in [5.41, 5.74) is 0. The summed E-state index contributed by atoms with van der Waals surface area (Å²) in [4.78, 5) is 4.09. The second-order valence-corrected chi connectivity index (χ2v) is 11.2. The van der Waals surface area contributed by atoms with Crippen molar-refractivity contribution in [1.82, 2.24) is 9.55 Å². The fourth-order valence-corrected chi connectivity index (χ4v) is 2.37. The van der Waals surface area contributed by atoms with Crippen molar-refractivity contribution in [3.63, 3.8) is 0 Å². The highest BCUT2D eigenvalue weighted by Gasteiger charge is 2.12. The van der Waals surface area contributed by atoms with Gasteiger partial charge in [0.2, 0.25) is 0 Å². The molecule has 1 aromatic rings. The number of nitrogens with zero attached hydrogens (tertiary/aromatic N) is 2. The second-order valence-electron chi connectivity index (χ2n) is 4.75. The zero-order valence-corrected chi connectivity index (χ0v) is 11.8. The molecule has 0 aromatic carbocycles. The molecular weight excluding hydrogens is 224 g/mol. The van der Waals surface area contributed by atoms with E-state index in [1.54, 1.807) is 11.8 Å². The third-order valence-electron chi connectivity index (χ3n) is 2.11. The van der Waals surface area contributed by atoms with Crippen molar-refractivity contribution in [2.24, 2.45) is 0 Å². The molecule has 0 unspecified atom stereocenters. The van der Waals surface area contributed by atoms with Crippen LogP contribution in [-0.4, -0.2) is 30.5 Å². The van der Waals surface area contributed by atoms with Gasteiger partial charge in [-0.25, -0.2) is 4.98 Å². The van der Waals surface area contributed by atoms with E-state index < -0.39 is 8.07 Å². The summed E-state index contributed by atoms with van der Waals surface area (Å²) in [5, 5.41) is 1.16. The number of rotatable bonds is 6. The summed E-state index contributed by atoms with van der Waals surface area (Å²) in [6, 6.07) is 1.22. The van der Waals surface area contributed by atoms with Gasteiger partial charge in [0, 0.05) is 14.7 Å². The lowest BCUT2D eigenvalue weighted by molar-refractivity contribution is 0.0820. The van der Waals surface area contributed by atoms with Crippen LogP contribution in [0.3, 0.4) is 0 Å². The van der Waals surface area contributed by atoms with E-state index in [0.29, 0.717) is 6.73 Å². The SMILES string of the molecule is CSc1cncn1COCC[Si](C)(C)C. The van der Waals surface area contributed by atoms with E-state index in [4.69, 9.17) is 4.74 Å². The summed E-state index contributed by atoms with van der Waals surface area (Å²) in [6.45, 7) is 8.57. The molecule has 1 heterocycles. The Morgan fingerprint density at radius 3 is 2.80 bits per heavy atom. The Morgan fingerprint density at radius 1 is 1.47 bits per heavy atom. The number of imidazole rings is 1. The van der Waals surface area contributed by atoms with Crippen LogP contribution in [0.25, 0.3) is 0 Å². The van der Waals surface area contributed by atoms with E-state index in [0.717, 1.165) is 11.6 Å². The highest BCUT2D eigenvalue weighted by molar-refractivity contribution is 7.98.